The third-order valence-corrected chi connectivity index (χ3v) is 8.14. The predicted octanol–water partition coefficient (Wildman–Crippen LogP) is 1.88. The van der Waals surface area contributed by atoms with Gasteiger partial charge in [0, 0.05) is 33.2 Å². The van der Waals surface area contributed by atoms with E-state index in [0.29, 0.717) is 18.4 Å². The average Bonchev–Trinajstić information content (AvgIpc) is 3.56. The Kier molecular flexibility index (Phi) is 9.98. The number of carbonyl (C=O) groups excluding carboxylic acids is 2. The Balaban J connectivity index is 0.000000189. The average molecular weight is 569 g/mol. The van der Waals surface area contributed by atoms with Gasteiger partial charge in [0.25, 0.3) is 11.5 Å². The summed E-state index contributed by atoms with van der Waals surface area (Å²) >= 11 is 0. The lowest BCUT2D eigenvalue weighted by Gasteiger charge is -2.29. The zero-order valence-corrected chi connectivity index (χ0v) is 23.8. The number of likely N-dealkylation sites (N-methyl/N-ethyl adjacent to an activating group) is 1. The van der Waals surface area contributed by atoms with E-state index in [0.717, 1.165) is 36.2 Å². The second kappa shape index (κ2) is 13.6. The van der Waals surface area contributed by atoms with Gasteiger partial charge in [-0.3, -0.25) is 29.0 Å². The van der Waals surface area contributed by atoms with Gasteiger partial charge in [0.1, 0.15) is 17.4 Å². The summed E-state index contributed by atoms with van der Waals surface area (Å²) in [6.45, 7) is 2.29. The summed E-state index contributed by atoms with van der Waals surface area (Å²) < 4.78 is 6.44. The SMILES string of the molecule is CN1C(=O)C(CC2CCCCC2)N(CC2CCOC2)C1=O.CN=C(N)c1c(O)n(Cc2ccccc2)c(=O)[nH]c1=O. The number of nitrogens with zero attached hydrogens (tertiary/aromatic N) is 4. The van der Waals surface area contributed by atoms with E-state index < -0.39 is 17.1 Å². The van der Waals surface area contributed by atoms with Crippen molar-refractivity contribution in [2.24, 2.45) is 22.6 Å². The normalized spacial score (nSPS) is 21.8. The van der Waals surface area contributed by atoms with Crippen molar-refractivity contribution in [3.63, 3.8) is 0 Å². The van der Waals surface area contributed by atoms with Crippen LogP contribution in [0.5, 0.6) is 5.88 Å². The van der Waals surface area contributed by atoms with Crippen LogP contribution < -0.4 is 17.0 Å². The highest BCUT2D eigenvalue weighted by Gasteiger charge is 2.44. The molecule has 12 nitrogen and oxygen atoms in total. The lowest BCUT2D eigenvalue weighted by molar-refractivity contribution is -0.128. The molecular weight excluding hydrogens is 528 g/mol. The maximum absolute atomic E-state index is 12.4. The van der Waals surface area contributed by atoms with E-state index in [1.165, 1.54) is 44.1 Å². The Bertz CT molecular complexity index is 1360. The number of nitrogens with two attached hydrogens (primary N) is 1. The third-order valence-electron chi connectivity index (χ3n) is 8.14. The van der Waals surface area contributed by atoms with E-state index in [1.54, 1.807) is 19.2 Å². The maximum Gasteiger partial charge on any atom is 0.331 e. The summed E-state index contributed by atoms with van der Waals surface area (Å²) in [5.74, 6) is 0.359. The fourth-order valence-corrected chi connectivity index (χ4v) is 5.77. The Morgan fingerprint density at radius 2 is 1.78 bits per heavy atom. The van der Waals surface area contributed by atoms with Crippen molar-refractivity contribution in [2.45, 2.75) is 57.5 Å². The minimum Gasteiger partial charge on any atom is -0.494 e. The highest BCUT2D eigenvalue weighted by molar-refractivity contribution is 6.03. The second-order valence-electron chi connectivity index (χ2n) is 11.0. The van der Waals surface area contributed by atoms with Gasteiger partial charge in [-0.1, -0.05) is 62.4 Å². The quantitative estimate of drug-likeness (QED) is 0.261. The molecule has 1 aliphatic carbocycles. The van der Waals surface area contributed by atoms with Crippen molar-refractivity contribution in [1.82, 2.24) is 19.4 Å². The number of nitrogens with one attached hydrogen (secondary N) is 1. The molecular formula is C29H40N6O6. The summed E-state index contributed by atoms with van der Waals surface area (Å²) in [6, 6.07) is 8.71. The molecule has 2 aromatic rings. The van der Waals surface area contributed by atoms with Gasteiger partial charge in [0.05, 0.1) is 13.2 Å². The highest BCUT2D eigenvalue weighted by atomic mass is 16.5. The van der Waals surface area contributed by atoms with Crippen molar-refractivity contribution in [1.29, 1.82) is 0 Å². The van der Waals surface area contributed by atoms with Crippen LogP contribution in [0.4, 0.5) is 4.79 Å². The van der Waals surface area contributed by atoms with Crippen molar-refractivity contribution >= 4 is 17.8 Å². The summed E-state index contributed by atoms with van der Waals surface area (Å²) in [7, 11) is 3.00. The zero-order chi connectivity index (χ0) is 29.5. The van der Waals surface area contributed by atoms with Crippen LogP contribution in [0.15, 0.2) is 44.9 Å². The van der Waals surface area contributed by atoms with Crippen LogP contribution in [0, 0.1) is 11.8 Å². The number of aromatic hydroxyl groups is 1. The molecule has 41 heavy (non-hydrogen) atoms. The maximum atomic E-state index is 12.4. The lowest BCUT2D eigenvalue weighted by atomic mass is 9.84. The number of aromatic nitrogens is 2. The number of amides is 3. The number of aliphatic imine (C=N–C) groups is 1. The topological polar surface area (TPSA) is 163 Å². The minimum absolute atomic E-state index is 0.00973. The molecule has 2 unspecified atom stereocenters. The van der Waals surface area contributed by atoms with Crippen LogP contribution in [-0.2, 0) is 16.1 Å². The zero-order valence-electron chi connectivity index (χ0n) is 23.8. The van der Waals surface area contributed by atoms with Crippen LogP contribution >= 0.6 is 0 Å². The number of imide groups is 1. The van der Waals surface area contributed by atoms with E-state index in [-0.39, 0.29) is 35.9 Å². The Morgan fingerprint density at radius 1 is 1.07 bits per heavy atom. The number of hydrogen-bond donors (Lipinski definition) is 3. The van der Waals surface area contributed by atoms with E-state index in [1.807, 2.05) is 23.1 Å². The molecule has 1 saturated carbocycles. The van der Waals surface area contributed by atoms with Gasteiger partial charge in [-0.05, 0) is 24.3 Å². The van der Waals surface area contributed by atoms with Crippen LogP contribution in [0.1, 0.15) is 56.1 Å². The fraction of sp³-hybridized carbons (Fsp3) is 0.552. The molecule has 222 valence electrons. The van der Waals surface area contributed by atoms with Crippen LogP contribution in [0.25, 0.3) is 0 Å². The molecule has 12 heteroatoms. The van der Waals surface area contributed by atoms with E-state index in [2.05, 4.69) is 9.98 Å². The first-order valence-electron chi connectivity index (χ1n) is 14.2. The molecule has 2 saturated heterocycles. The number of rotatable bonds is 7. The van der Waals surface area contributed by atoms with Gasteiger partial charge in [-0.2, -0.15) is 0 Å². The van der Waals surface area contributed by atoms with Crippen molar-refractivity contribution in [3.8, 4) is 5.88 Å². The molecule has 3 heterocycles. The van der Waals surface area contributed by atoms with Crippen LogP contribution in [0.3, 0.4) is 0 Å². The number of amidine groups is 1. The highest BCUT2D eigenvalue weighted by Crippen LogP contribution is 2.32. The molecule has 0 spiro atoms. The van der Waals surface area contributed by atoms with E-state index in [4.69, 9.17) is 10.5 Å². The second-order valence-corrected chi connectivity index (χ2v) is 11.0. The van der Waals surface area contributed by atoms with Crippen molar-refractivity contribution < 1.29 is 19.4 Å². The van der Waals surface area contributed by atoms with Gasteiger partial charge >= 0.3 is 11.7 Å². The number of hydrogen-bond acceptors (Lipinski definition) is 7. The Labute approximate surface area is 238 Å². The number of ether oxygens (including phenoxy) is 1. The lowest BCUT2D eigenvalue weighted by Crippen LogP contribution is -2.40. The predicted molar refractivity (Wildman–Crippen MR) is 154 cm³/mol. The smallest absolute Gasteiger partial charge is 0.331 e. The third kappa shape index (κ3) is 7.05. The first-order valence-corrected chi connectivity index (χ1v) is 14.2. The molecule has 0 bridgehead atoms. The number of urea groups is 1. The van der Waals surface area contributed by atoms with Gasteiger partial charge < -0.3 is 20.5 Å². The summed E-state index contributed by atoms with van der Waals surface area (Å²) in [5.41, 5.74) is 4.69. The van der Waals surface area contributed by atoms with Gasteiger partial charge in [0.15, 0.2) is 0 Å². The number of aromatic amines is 1. The number of H-pyrrole nitrogens is 1. The largest absolute Gasteiger partial charge is 0.494 e. The Hall–Kier alpha value is -3.93. The molecule has 1 aromatic carbocycles. The van der Waals surface area contributed by atoms with Gasteiger partial charge in [0.2, 0.25) is 5.88 Å². The molecule has 4 N–H and O–H groups in total. The molecule has 0 radical (unpaired) electrons. The van der Waals surface area contributed by atoms with E-state index in [9.17, 15) is 24.3 Å². The molecule has 2 aliphatic heterocycles. The Morgan fingerprint density at radius 3 is 2.41 bits per heavy atom. The molecule has 5 rings (SSSR count). The fourth-order valence-electron chi connectivity index (χ4n) is 5.77. The molecule has 3 fully saturated rings. The first kappa shape index (κ1) is 30.0. The van der Waals surface area contributed by atoms with Crippen molar-refractivity contribution in [3.05, 3.63) is 62.3 Å². The molecule has 2 atom stereocenters. The first-order chi connectivity index (χ1) is 19.7. The number of carbonyl (C=O) groups is 2. The van der Waals surface area contributed by atoms with Gasteiger partial charge in [-0.15, -0.1) is 0 Å². The van der Waals surface area contributed by atoms with Gasteiger partial charge in [-0.25, -0.2) is 9.59 Å². The van der Waals surface area contributed by atoms with Crippen LogP contribution in [-0.4, -0.2) is 82.1 Å². The molecule has 1 aromatic heterocycles. The summed E-state index contributed by atoms with van der Waals surface area (Å²) in [5, 5.41) is 10.1. The standard InChI is InChI=1S/C16H26N2O3.C13H14N4O3/c1-17-15(19)14(9-12-5-3-2-4-6-12)18(16(17)20)10-13-7-8-21-11-13;1-15-10(14)9-11(18)16-13(20)17(12(9)19)7-8-5-3-2-4-6-8/h12-14H,2-11H2,1H3;2-6,19H,7H2,1H3,(H2,14,15)(H,16,18,20). The monoisotopic (exact) mass is 568 g/mol. The van der Waals surface area contributed by atoms with Crippen LogP contribution in [0.2, 0.25) is 0 Å². The molecule has 3 amide bonds. The van der Waals surface area contributed by atoms with E-state index >= 15 is 0 Å². The van der Waals surface area contributed by atoms with Crippen molar-refractivity contribution in [2.75, 3.05) is 33.9 Å². The molecule has 3 aliphatic rings. The summed E-state index contributed by atoms with van der Waals surface area (Å²) in [4.78, 5) is 57.1. The summed E-state index contributed by atoms with van der Waals surface area (Å²) in [6.07, 6.45) is 8.12. The number of benzene rings is 1. The minimum atomic E-state index is -0.764.